The van der Waals surface area contributed by atoms with Gasteiger partial charge < -0.3 is 5.32 Å². The molecule has 1 amide bonds. The third-order valence-corrected chi connectivity index (χ3v) is 7.30. The van der Waals surface area contributed by atoms with Gasteiger partial charge in [-0.2, -0.15) is 0 Å². The summed E-state index contributed by atoms with van der Waals surface area (Å²) in [6.07, 6.45) is 0. The van der Waals surface area contributed by atoms with E-state index in [2.05, 4.69) is 5.32 Å². The number of halogens is 2. The number of nitrogens with one attached hydrogen (secondary N) is 1. The van der Waals surface area contributed by atoms with Crippen LogP contribution in [0.25, 0.3) is 22.2 Å². The Hall–Kier alpha value is -4.32. The first kappa shape index (κ1) is 24.0. The van der Waals surface area contributed by atoms with E-state index in [9.17, 15) is 14.4 Å². The smallest absolute Gasteiger partial charge is 0.256 e. The van der Waals surface area contributed by atoms with Gasteiger partial charge in [-0.05, 0) is 42.8 Å². The van der Waals surface area contributed by atoms with E-state index in [1.165, 1.54) is 0 Å². The van der Waals surface area contributed by atoms with Crippen LogP contribution in [0.1, 0.15) is 47.8 Å². The molecule has 0 atom stereocenters. The highest BCUT2D eigenvalue weighted by Crippen LogP contribution is 2.36. The second-order valence-corrected chi connectivity index (χ2v) is 9.83. The number of carbonyl (C=O) groups excluding carboxylic acids is 3. The Morgan fingerprint density at radius 1 is 0.763 bits per heavy atom. The summed E-state index contributed by atoms with van der Waals surface area (Å²) in [6.45, 7) is 1.81. The minimum Gasteiger partial charge on any atom is -0.321 e. The summed E-state index contributed by atoms with van der Waals surface area (Å²) >= 11 is 12.6. The van der Waals surface area contributed by atoms with Gasteiger partial charge in [0.25, 0.3) is 5.91 Å². The molecule has 38 heavy (non-hydrogen) atoms. The summed E-state index contributed by atoms with van der Waals surface area (Å²) in [5.41, 5.74) is 4.19. The minimum absolute atomic E-state index is 0.182. The molecule has 0 saturated carbocycles. The van der Waals surface area contributed by atoms with Crippen LogP contribution >= 0.6 is 23.2 Å². The second-order valence-electron chi connectivity index (χ2n) is 8.99. The molecule has 0 aliphatic heterocycles. The van der Waals surface area contributed by atoms with Crippen molar-refractivity contribution in [1.82, 2.24) is 4.98 Å². The van der Waals surface area contributed by atoms with Crippen LogP contribution in [-0.2, 0) is 0 Å². The number of pyridine rings is 1. The molecule has 4 aromatic carbocycles. The van der Waals surface area contributed by atoms with Crippen molar-refractivity contribution in [1.29, 1.82) is 0 Å². The highest BCUT2D eigenvalue weighted by atomic mass is 35.5. The lowest BCUT2D eigenvalue weighted by Crippen LogP contribution is -2.24. The summed E-state index contributed by atoms with van der Waals surface area (Å²) in [7, 11) is 0. The first-order valence-corrected chi connectivity index (χ1v) is 12.6. The van der Waals surface area contributed by atoms with Crippen molar-refractivity contribution in [2.45, 2.75) is 6.92 Å². The van der Waals surface area contributed by atoms with Crippen LogP contribution < -0.4 is 5.32 Å². The van der Waals surface area contributed by atoms with Crippen molar-refractivity contribution in [2.24, 2.45) is 0 Å². The number of carbonyl (C=O) groups is 3. The third-order valence-electron chi connectivity index (χ3n) is 6.75. The lowest BCUT2D eigenvalue weighted by atomic mass is 9.83. The first-order valence-electron chi connectivity index (χ1n) is 11.8. The number of amides is 1. The van der Waals surface area contributed by atoms with Crippen molar-refractivity contribution < 1.29 is 14.4 Å². The van der Waals surface area contributed by atoms with Crippen LogP contribution in [0.15, 0.2) is 84.9 Å². The average molecular weight is 537 g/mol. The SMILES string of the molecule is Cc1c(-c2ccc(Cl)cc2Cl)nc2ccccc2c1C(=O)Nc1cccc2c1C(=O)c1ccccc1C2=O. The Morgan fingerprint density at radius 2 is 1.45 bits per heavy atom. The second kappa shape index (κ2) is 9.21. The molecule has 1 N–H and O–H groups in total. The summed E-state index contributed by atoms with van der Waals surface area (Å²) in [4.78, 5) is 45.3. The monoisotopic (exact) mass is 536 g/mol. The number of hydrogen-bond acceptors (Lipinski definition) is 4. The largest absolute Gasteiger partial charge is 0.321 e. The molecule has 1 heterocycles. The van der Waals surface area contributed by atoms with Gasteiger partial charge in [-0.3, -0.25) is 14.4 Å². The zero-order chi connectivity index (χ0) is 26.6. The van der Waals surface area contributed by atoms with Crippen LogP contribution in [0.3, 0.4) is 0 Å². The molecule has 0 fully saturated rings. The summed E-state index contributed by atoms with van der Waals surface area (Å²) in [5.74, 6) is -0.993. The van der Waals surface area contributed by atoms with Gasteiger partial charge in [-0.1, -0.05) is 77.8 Å². The van der Waals surface area contributed by atoms with Gasteiger partial charge in [0.15, 0.2) is 11.6 Å². The van der Waals surface area contributed by atoms with Gasteiger partial charge >= 0.3 is 0 Å². The third kappa shape index (κ3) is 3.79. The maximum atomic E-state index is 13.9. The Labute approximate surface area is 228 Å². The Kier molecular flexibility index (Phi) is 5.83. The van der Waals surface area contributed by atoms with Gasteiger partial charge in [-0.25, -0.2) is 4.98 Å². The fraction of sp³-hybridized carbons (Fsp3) is 0.0323. The molecule has 5 aromatic rings. The molecular formula is C31H18Cl2N2O3. The van der Waals surface area contributed by atoms with Gasteiger partial charge in [0.05, 0.1) is 33.0 Å². The number of hydrogen-bond donors (Lipinski definition) is 1. The van der Waals surface area contributed by atoms with Gasteiger partial charge in [0.1, 0.15) is 0 Å². The topological polar surface area (TPSA) is 76.1 Å². The van der Waals surface area contributed by atoms with Crippen molar-refractivity contribution >= 4 is 57.3 Å². The van der Waals surface area contributed by atoms with E-state index < -0.39 is 5.91 Å². The fourth-order valence-corrected chi connectivity index (χ4v) is 5.48. The number of ketones is 2. The van der Waals surface area contributed by atoms with Crippen molar-refractivity contribution in [3.05, 3.63) is 128 Å². The number of rotatable bonds is 3. The van der Waals surface area contributed by atoms with Crippen molar-refractivity contribution in [3.63, 3.8) is 0 Å². The Balaban J connectivity index is 1.49. The molecule has 0 saturated heterocycles. The molecule has 1 aromatic heterocycles. The number of benzene rings is 4. The summed E-state index contributed by atoms with van der Waals surface area (Å²) in [5, 5.41) is 4.46. The van der Waals surface area contributed by atoms with E-state index in [4.69, 9.17) is 28.2 Å². The molecule has 1 aliphatic rings. The number of para-hydroxylation sites is 1. The Bertz CT molecular complexity index is 1850. The van der Waals surface area contributed by atoms with Crippen molar-refractivity contribution in [2.75, 3.05) is 5.32 Å². The molecule has 0 spiro atoms. The average Bonchev–Trinajstić information content (AvgIpc) is 2.91. The maximum absolute atomic E-state index is 13.9. The van der Waals surface area contributed by atoms with Crippen LogP contribution in [0.4, 0.5) is 5.69 Å². The van der Waals surface area contributed by atoms with E-state index in [1.807, 2.05) is 24.3 Å². The molecule has 0 bridgehead atoms. The van der Waals surface area contributed by atoms with E-state index >= 15 is 0 Å². The molecule has 7 heteroatoms. The molecular weight excluding hydrogens is 519 g/mol. The van der Waals surface area contributed by atoms with Crippen LogP contribution in [-0.4, -0.2) is 22.5 Å². The van der Waals surface area contributed by atoms with Gasteiger partial charge in [0.2, 0.25) is 0 Å². The maximum Gasteiger partial charge on any atom is 0.256 e. The predicted molar refractivity (Wildman–Crippen MR) is 150 cm³/mol. The molecule has 1 aliphatic carbocycles. The highest BCUT2D eigenvalue weighted by molar-refractivity contribution is 6.36. The van der Waals surface area contributed by atoms with Crippen molar-refractivity contribution in [3.8, 4) is 11.3 Å². The predicted octanol–water partition coefficient (Wildman–Crippen LogP) is 7.54. The van der Waals surface area contributed by atoms with Crippen LogP contribution in [0.5, 0.6) is 0 Å². The summed E-state index contributed by atoms with van der Waals surface area (Å²) in [6, 6.07) is 24.0. The molecule has 5 nitrogen and oxygen atoms in total. The first-order chi connectivity index (χ1) is 18.3. The minimum atomic E-state index is -0.431. The van der Waals surface area contributed by atoms with E-state index in [1.54, 1.807) is 67.6 Å². The zero-order valence-electron chi connectivity index (χ0n) is 20.0. The lowest BCUT2D eigenvalue weighted by molar-refractivity contribution is 0.0978. The van der Waals surface area contributed by atoms with E-state index in [0.717, 1.165) is 0 Å². The molecule has 0 unspecified atom stereocenters. The number of anilines is 1. The summed E-state index contributed by atoms with van der Waals surface area (Å²) < 4.78 is 0. The number of fused-ring (bicyclic) bond motifs is 3. The number of aromatic nitrogens is 1. The standard InChI is InChI=1S/C31H18Cl2N2O3/c1-16-26(21-9-4-5-11-24(21)34-28(16)20-14-13-17(32)15-23(20)33)31(38)35-25-12-6-10-22-27(25)30(37)19-8-3-2-7-18(19)29(22)36/h2-15H,1H3,(H,35,38). The van der Waals surface area contributed by atoms with E-state index in [-0.39, 0.29) is 28.4 Å². The van der Waals surface area contributed by atoms with Gasteiger partial charge in [-0.15, -0.1) is 0 Å². The Morgan fingerprint density at radius 3 is 2.21 bits per heavy atom. The quantitative estimate of drug-likeness (QED) is 0.253. The zero-order valence-corrected chi connectivity index (χ0v) is 21.5. The van der Waals surface area contributed by atoms with Crippen LogP contribution in [0, 0.1) is 6.92 Å². The molecule has 6 rings (SSSR count). The number of nitrogens with zero attached hydrogens (tertiary/aromatic N) is 1. The normalized spacial score (nSPS) is 12.3. The van der Waals surface area contributed by atoms with Gasteiger partial charge in [0, 0.05) is 32.7 Å². The lowest BCUT2D eigenvalue weighted by Gasteiger charge is -2.21. The van der Waals surface area contributed by atoms with E-state index in [0.29, 0.717) is 54.5 Å². The highest BCUT2D eigenvalue weighted by Gasteiger charge is 2.32. The molecule has 184 valence electrons. The molecule has 0 radical (unpaired) electrons. The van der Waals surface area contributed by atoms with Crippen LogP contribution in [0.2, 0.25) is 10.0 Å². The fourth-order valence-electron chi connectivity index (χ4n) is 4.98.